The second kappa shape index (κ2) is 5.67. The van der Waals surface area contributed by atoms with Crippen molar-refractivity contribution in [3.8, 4) is 0 Å². The number of aromatic amines is 1. The first kappa shape index (κ1) is 12.6. The summed E-state index contributed by atoms with van der Waals surface area (Å²) in [5.74, 6) is 1.63. The van der Waals surface area contributed by atoms with Crippen molar-refractivity contribution in [2.24, 2.45) is 11.8 Å². The van der Waals surface area contributed by atoms with Crippen LogP contribution in [0, 0.1) is 18.8 Å². The number of H-pyrrole nitrogens is 1. The Labute approximate surface area is 104 Å². The van der Waals surface area contributed by atoms with E-state index in [4.69, 9.17) is 0 Å². The average Bonchev–Trinajstić information content (AvgIpc) is 2.72. The van der Waals surface area contributed by atoms with E-state index in [1.54, 1.807) is 0 Å². The number of nitrogens with one attached hydrogen (secondary N) is 2. The SMILES string of the molecule is Cc1[nH]ncc1CNC1CCCCC1C(C)C. The summed E-state index contributed by atoms with van der Waals surface area (Å²) in [6, 6.07) is 0.693. The molecule has 1 aliphatic rings. The normalized spacial score (nSPS) is 25.4. The van der Waals surface area contributed by atoms with E-state index >= 15 is 0 Å². The van der Waals surface area contributed by atoms with Crippen molar-refractivity contribution in [3.63, 3.8) is 0 Å². The Kier molecular flexibility index (Phi) is 4.21. The van der Waals surface area contributed by atoms with Crippen LogP contribution in [0.5, 0.6) is 0 Å². The molecule has 1 aromatic heterocycles. The molecule has 0 amide bonds. The predicted molar refractivity (Wildman–Crippen MR) is 70.7 cm³/mol. The predicted octanol–water partition coefficient (Wildman–Crippen LogP) is 3.02. The molecule has 0 aromatic carbocycles. The quantitative estimate of drug-likeness (QED) is 0.842. The molecule has 1 fully saturated rings. The summed E-state index contributed by atoms with van der Waals surface area (Å²) in [6.45, 7) is 7.75. The fourth-order valence-electron chi connectivity index (χ4n) is 3.01. The second-order valence-electron chi connectivity index (χ2n) is 5.70. The fraction of sp³-hybridized carbons (Fsp3) is 0.786. The highest BCUT2D eigenvalue weighted by molar-refractivity contribution is 5.14. The molecule has 0 aliphatic heterocycles. The van der Waals surface area contributed by atoms with Crippen molar-refractivity contribution >= 4 is 0 Å². The molecule has 1 aliphatic carbocycles. The molecular weight excluding hydrogens is 210 g/mol. The van der Waals surface area contributed by atoms with E-state index in [0.717, 1.165) is 18.4 Å². The van der Waals surface area contributed by atoms with E-state index in [2.05, 4.69) is 36.3 Å². The summed E-state index contributed by atoms with van der Waals surface area (Å²) >= 11 is 0. The Morgan fingerprint density at radius 3 is 2.82 bits per heavy atom. The highest BCUT2D eigenvalue weighted by Crippen LogP contribution is 2.30. The Bertz CT molecular complexity index is 343. The molecule has 2 unspecified atom stereocenters. The van der Waals surface area contributed by atoms with Gasteiger partial charge in [-0.15, -0.1) is 0 Å². The molecule has 3 heteroatoms. The van der Waals surface area contributed by atoms with Gasteiger partial charge in [0.1, 0.15) is 0 Å². The Hall–Kier alpha value is -0.830. The maximum atomic E-state index is 4.07. The van der Waals surface area contributed by atoms with Crippen LogP contribution in [0.3, 0.4) is 0 Å². The number of nitrogens with zero attached hydrogens (tertiary/aromatic N) is 1. The molecule has 0 bridgehead atoms. The first-order valence-electron chi connectivity index (χ1n) is 6.90. The van der Waals surface area contributed by atoms with E-state index in [1.807, 2.05) is 6.20 Å². The molecular formula is C14H25N3. The third-order valence-corrected chi connectivity index (χ3v) is 4.16. The summed E-state index contributed by atoms with van der Waals surface area (Å²) in [5.41, 5.74) is 2.49. The maximum Gasteiger partial charge on any atom is 0.0535 e. The van der Waals surface area contributed by atoms with Gasteiger partial charge in [-0.3, -0.25) is 5.10 Å². The van der Waals surface area contributed by atoms with Gasteiger partial charge in [0.15, 0.2) is 0 Å². The zero-order chi connectivity index (χ0) is 12.3. The highest BCUT2D eigenvalue weighted by atomic mass is 15.1. The number of rotatable bonds is 4. The third-order valence-electron chi connectivity index (χ3n) is 4.16. The van der Waals surface area contributed by atoms with Crippen LogP contribution in [0.2, 0.25) is 0 Å². The number of hydrogen-bond acceptors (Lipinski definition) is 2. The highest BCUT2D eigenvalue weighted by Gasteiger charge is 2.26. The topological polar surface area (TPSA) is 40.7 Å². The van der Waals surface area contributed by atoms with Crippen molar-refractivity contribution < 1.29 is 0 Å². The first-order valence-corrected chi connectivity index (χ1v) is 6.90. The van der Waals surface area contributed by atoms with E-state index in [-0.39, 0.29) is 0 Å². The molecule has 0 spiro atoms. The van der Waals surface area contributed by atoms with Crippen LogP contribution < -0.4 is 5.32 Å². The summed E-state index contributed by atoms with van der Waals surface area (Å²) < 4.78 is 0. The van der Waals surface area contributed by atoms with Gasteiger partial charge < -0.3 is 5.32 Å². The molecule has 17 heavy (non-hydrogen) atoms. The molecule has 3 nitrogen and oxygen atoms in total. The monoisotopic (exact) mass is 235 g/mol. The molecule has 0 saturated heterocycles. The minimum atomic E-state index is 0.693. The summed E-state index contributed by atoms with van der Waals surface area (Å²) in [6.07, 6.45) is 7.45. The maximum absolute atomic E-state index is 4.07. The van der Waals surface area contributed by atoms with Crippen LogP contribution in [0.4, 0.5) is 0 Å². The van der Waals surface area contributed by atoms with E-state index in [0.29, 0.717) is 6.04 Å². The van der Waals surface area contributed by atoms with E-state index in [1.165, 1.54) is 36.9 Å². The van der Waals surface area contributed by atoms with Gasteiger partial charge in [-0.1, -0.05) is 26.7 Å². The van der Waals surface area contributed by atoms with Crippen molar-refractivity contribution in [1.29, 1.82) is 0 Å². The van der Waals surface area contributed by atoms with Crippen molar-refractivity contribution in [2.75, 3.05) is 0 Å². The van der Waals surface area contributed by atoms with E-state index in [9.17, 15) is 0 Å². The first-order chi connectivity index (χ1) is 8.18. The van der Waals surface area contributed by atoms with Crippen LogP contribution in [0.1, 0.15) is 50.8 Å². The van der Waals surface area contributed by atoms with Crippen LogP contribution in [0.25, 0.3) is 0 Å². The van der Waals surface area contributed by atoms with Gasteiger partial charge >= 0.3 is 0 Å². The van der Waals surface area contributed by atoms with Crippen LogP contribution in [0.15, 0.2) is 6.20 Å². The van der Waals surface area contributed by atoms with Gasteiger partial charge in [0.05, 0.1) is 6.20 Å². The zero-order valence-electron chi connectivity index (χ0n) is 11.3. The molecule has 2 N–H and O–H groups in total. The average molecular weight is 235 g/mol. The fourth-order valence-corrected chi connectivity index (χ4v) is 3.01. The molecule has 1 saturated carbocycles. The lowest BCUT2D eigenvalue weighted by Crippen LogP contribution is -2.40. The summed E-state index contributed by atoms with van der Waals surface area (Å²) in [4.78, 5) is 0. The lowest BCUT2D eigenvalue weighted by Gasteiger charge is -2.35. The minimum Gasteiger partial charge on any atom is -0.310 e. The largest absolute Gasteiger partial charge is 0.310 e. The second-order valence-corrected chi connectivity index (χ2v) is 5.70. The van der Waals surface area contributed by atoms with Gasteiger partial charge in [0.2, 0.25) is 0 Å². The van der Waals surface area contributed by atoms with Gasteiger partial charge in [0.25, 0.3) is 0 Å². The molecule has 0 radical (unpaired) electrons. The Morgan fingerprint density at radius 2 is 2.18 bits per heavy atom. The lowest BCUT2D eigenvalue weighted by molar-refractivity contribution is 0.204. The Balaban J connectivity index is 1.90. The van der Waals surface area contributed by atoms with Gasteiger partial charge in [0, 0.05) is 23.8 Å². The van der Waals surface area contributed by atoms with Crippen molar-refractivity contribution in [1.82, 2.24) is 15.5 Å². The number of hydrogen-bond donors (Lipinski definition) is 2. The molecule has 1 aromatic rings. The van der Waals surface area contributed by atoms with Crippen molar-refractivity contribution in [3.05, 3.63) is 17.5 Å². The molecule has 2 atom stereocenters. The minimum absolute atomic E-state index is 0.693. The van der Waals surface area contributed by atoms with Gasteiger partial charge in [-0.25, -0.2) is 0 Å². The number of aryl methyl sites for hydroxylation is 1. The zero-order valence-corrected chi connectivity index (χ0v) is 11.3. The van der Waals surface area contributed by atoms with Crippen LogP contribution >= 0.6 is 0 Å². The van der Waals surface area contributed by atoms with Gasteiger partial charge in [-0.05, 0) is 31.6 Å². The lowest BCUT2D eigenvalue weighted by atomic mass is 9.78. The molecule has 1 heterocycles. The summed E-state index contributed by atoms with van der Waals surface area (Å²) in [7, 11) is 0. The number of aromatic nitrogens is 2. The smallest absolute Gasteiger partial charge is 0.0535 e. The standard InChI is InChI=1S/C14H25N3/c1-10(2)13-6-4-5-7-14(13)15-8-12-9-16-17-11(12)3/h9-10,13-15H,4-8H2,1-3H3,(H,16,17). The molecule has 2 rings (SSSR count). The third kappa shape index (κ3) is 3.09. The summed E-state index contributed by atoms with van der Waals surface area (Å²) in [5, 5.41) is 10.8. The van der Waals surface area contributed by atoms with Crippen molar-refractivity contribution in [2.45, 2.75) is 59.0 Å². The van der Waals surface area contributed by atoms with Gasteiger partial charge in [-0.2, -0.15) is 5.10 Å². The van der Waals surface area contributed by atoms with Crippen LogP contribution in [-0.4, -0.2) is 16.2 Å². The molecule has 96 valence electrons. The van der Waals surface area contributed by atoms with Crippen LogP contribution in [-0.2, 0) is 6.54 Å². The van der Waals surface area contributed by atoms with E-state index < -0.39 is 0 Å². The Morgan fingerprint density at radius 1 is 1.41 bits per heavy atom.